The predicted molar refractivity (Wildman–Crippen MR) is 91.5 cm³/mol. The van der Waals surface area contributed by atoms with Gasteiger partial charge in [0.25, 0.3) is 0 Å². The maximum atomic E-state index is 11.7. The van der Waals surface area contributed by atoms with Gasteiger partial charge in [0, 0.05) is 29.0 Å². The average molecular weight is 388 g/mol. The van der Waals surface area contributed by atoms with Crippen molar-refractivity contribution in [3.05, 3.63) is 65.3 Å². The van der Waals surface area contributed by atoms with E-state index in [1.807, 2.05) is 30.3 Å². The van der Waals surface area contributed by atoms with E-state index >= 15 is 0 Å². The first kappa shape index (κ1) is 16.2. The number of halogens is 1. The molecule has 2 aromatic heterocycles. The van der Waals surface area contributed by atoms with Crippen molar-refractivity contribution in [3.63, 3.8) is 0 Å². The van der Waals surface area contributed by atoms with Crippen molar-refractivity contribution in [1.82, 2.24) is 14.5 Å². The molecule has 0 atom stereocenters. The molecule has 24 heavy (non-hydrogen) atoms. The molecule has 3 rings (SSSR count). The van der Waals surface area contributed by atoms with Crippen molar-refractivity contribution in [1.29, 1.82) is 0 Å². The van der Waals surface area contributed by atoms with E-state index < -0.39 is 5.97 Å². The van der Waals surface area contributed by atoms with Crippen LogP contribution < -0.4 is 4.74 Å². The number of carbonyl (C=O) groups excluding carboxylic acids is 1. The first-order chi connectivity index (χ1) is 11.7. The van der Waals surface area contributed by atoms with Crippen molar-refractivity contribution >= 4 is 21.9 Å². The van der Waals surface area contributed by atoms with Crippen LogP contribution in [0.4, 0.5) is 0 Å². The third kappa shape index (κ3) is 3.80. The number of carbonyl (C=O) groups is 1. The molecule has 2 heterocycles. The molecule has 0 aliphatic heterocycles. The maximum absolute atomic E-state index is 11.7. The average Bonchev–Trinajstić information content (AvgIpc) is 3.08. The quantitative estimate of drug-likeness (QED) is 0.619. The normalized spacial score (nSPS) is 10.4. The lowest BCUT2D eigenvalue weighted by atomic mass is 10.3. The van der Waals surface area contributed by atoms with Gasteiger partial charge in [0.15, 0.2) is 5.69 Å². The van der Waals surface area contributed by atoms with Gasteiger partial charge in [0.2, 0.25) is 5.88 Å². The monoisotopic (exact) mass is 387 g/mol. The van der Waals surface area contributed by atoms with Crippen LogP contribution in [0.5, 0.6) is 11.6 Å². The van der Waals surface area contributed by atoms with Crippen molar-refractivity contribution in [3.8, 4) is 17.3 Å². The van der Waals surface area contributed by atoms with Gasteiger partial charge < -0.3 is 14.0 Å². The Morgan fingerprint density at radius 3 is 2.88 bits per heavy atom. The second-order valence-electron chi connectivity index (χ2n) is 4.80. The summed E-state index contributed by atoms with van der Waals surface area (Å²) in [5.74, 6) is 0.685. The molecule has 122 valence electrons. The summed E-state index contributed by atoms with van der Waals surface area (Å²) in [5.41, 5.74) is 1.07. The summed E-state index contributed by atoms with van der Waals surface area (Å²) in [4.78, 5) is 19.9. The van der Waals surface area contributed by atoms with Crippen LogP contribution in [0.2, 0.25) is 0 Å². The third-order valence-corrected chi connectivity index (χ3v) is 3.57. The van der Waals surface area contributed by atoms with Gasteiger partial charge in [0.1, 0.15) is 12.1 Å². The Kier molecular flexibility index (Phi) is 4.90. The zero-order chi connectivity index (χ0) is 16.9. The number of rotatable bonds is 5. The molecule has 0 fully saturated rings. The smallest absolute Gasteiger partial charge is 0.358 e. The van der Waals surface area contributed by atoms with Gasteiger partial charge in [-0.05, 0) is 41.1 Å². The summed E-state index contributed by atoms with van der Waals surface area (Å²) in [7, 11) is 0. The topological polar surface area (TPSA) is 66.2 Å². The summed E-state index contributed by atoms with van der Waals surface area (Å²) in [6.07, 6.45) is 4.85. The minimum absolute atomic E-state index is 0.262. The van der Waals surface area contributed by atoms with Gasteiger partial charge in [-0.2, -0.15) is 0 Å². The zero-order valence-corrected chi connectivity index (χ0v) is 14.4. The van der Waals surface area contributed by atoms with Crippen LogP contribution in [-0.2, 0) is 4.74 Å². The number of imidazole rings is 1. The molecule has 7 heteroatoms. The van der Waals surface area contributed by atoms with E-state index in [0.717, 1.165) is 10.2 Å². The Morgan fingerprint density at radius 2 is 2.12 bits per heavy atom. The number of esters is 1. The number of nitrogens with zero attached hydrogens (tertiary/aromatic N) is 3. The van der Waals surface area contributed by atoms with Crippen LogP contribution in [0.25, 0.3) is 5.69 Å². The number of pyridine rings is 1. The lowest BCUT2D eigenvalue weighted by Crippen LogP contribution is -2.04. The molecule has 0 unspecified atom stereocenters. The molecular formula is C17H14BrN3O3. The molecule has 0 aliphatic rings. The van der Waals surface area contributed by atoms with Gasteiger partial charge in [-0.1, -0.05) is 6.07 Å². The standard InChI is InChI=1S/C17H14BrN3O3/c1-2-23-17(22)15-10-21(11-20-15)13-4-3-5-14(8-13)24-16-7-6-12(18)9-19-16/h3-11H,2H2,1H3. The molecular weight excluding hydrogens is 374 g/mol. The van der Waals surface area contributed by atoms with E-state index in [4.69, 9.17) is 9.47 Å². The molecule has 1 aromatic carbocycles. The number of hydrogen-bond acceptors (Lipinski definition) is 5. The van der Waals surface area contributed by atoms with Crippen LogP contribution in [0.3, 0.4) is 0 Å². The SMILES string of the molecule is CCOC(=O)c1cn(-c2cccc(Oc3ccc(Br)cn3)c2)cn1. The fourth-order valence-corrected chi connectivity index (χ4v) is 2.26. The molecule has 0 radical (unpaired) electrons. The first-order valence-electron chi connectivity index (χ1n) is 7.26. The van der Waals surface area contributed by atoms with Crippen LogP contribution in [0.1, 0.15) is 17.4 Å². The van der Waals surface area contributed by atoms with Gasteiger partial charge in [-0.15, -0.1) is 0 Å². The molecule has 0 N–H and O–H groups in total. The van der Waals surface area contributed by atoms with E-state index in [9.17, 15) is 4.79 Å². The van der Waals surface area contributed by atoms with Gasteiger partial charge in [-0.3, -0.25) is 0 Å². The van der Waals surface area contributed by atoms with Crippen molar-refractivity contribution < 1.29 is 14.3 Å². The highest BCUT2D eigenvalue weighted by Crippen LogP contribution is 2.23. The summed E-state index contributed by atoms with van der Waals surface area (Å²) in [5, 5.41) is 0. The minimum atomic E-state index is -0.442. The Balaban J connectivity index is 1.80. The summed E-state index contributed by atoms with van der Waals surface area (Å²) in [6.45, 7) is 2.07. The van der Waals surface area contributed by atoms with Gasteiger partial charge >= 0.3 is 5.97 Å². The molecule has 3 aromatic rings. The van der Waals surface area contributed by atoms with E-state index in [-0.39, 0.29) is 5.69 Å². The number of hydrogen-bond donors (Lipinski definition) is 0. The lowest BCUT2D eigenvalue weighted by molar-refractivity contribution is 0.0520. The van der Waals surface area contributed by atoms with Crippen LogP contribution in [0, 0.1) is 0 Å². The maximum Gasteiger partial charge on any atom is 0.358 e. The second-order valence-corrected chi connectivity index (χ2v) is 5.72. The fraction of sp³-hybridized carbons (Fsp3) is 0.118. The summed E-state index contributed by atoms with van der Waals surface area (Å²) >= 11 is 3.33. The first-order valence-corrected chi connectivity index (χ1v) is 8.06. The highest BCUT2D eigenvalue weighted by molar-refractivity contribution is 9.10. The minimum Gasteiger partial charge on any atom is -0.461 e. The van der Waals surface area contributed by atoms with E-state index in [1.54, 1.807) is 36.3 Å². The molecule has 0 saturated carbocycles. The Labute approximate surface area is 147 Å². The van der Waals surface area contributed by atoms with Gasteiger partial charge in [-0.25, -0.2) is 14.8 Å². The zero-order valence-electron chi connectivity index (χ0n) is 12.8. The fourth-order valence-electron chi connectivity index (χ4n) is 2.03. The van der Waals surface area contributed by atoms with Crippen LogP contribution in [-0.4, -0.2) is 27.1 Å². The molecule has 0 aliphatic carbocycles. The van der Waals surface area contributed by atoms with E-state index in [2.05, 4.69) is 25.9 Å². The highest BCUT2D eigenvalue weighted by atomic mass is 79.9. The lowest BCUT2D eigenvalue weighted by Gasteiger charge is -2.07. The second kappa shape index (κ2) is 7.27. The largest absolute Gasteiger partial charge is 0.461 e. The summed E-state index contributed by atoms with van der Waals surface area (Å²) < 4.78 is 13.3. The Bertz CT molecular complexity index is 846. The molecule has 0 spiro atoms. The van der Waals surface area contributed by atoms with Crippen LogP contribution in [0.15, 0.2) is 59.6 Å². The van der Waals surface area contributed by atoms with Crippen molar-refractivity contribution in [2.24, 2.45) is 0 Å². The van der Waals surface area contributed by atoms with E-state index in [0.29, 0.717) is 18.2 Å². The number of ether oxygens (including phenoxy) is 2. The van der Waals surface area contributed by atoms with Gasteiger partial charge in [0.05, 0.1) is 12.3 Å². The molecule has 0 bridgehead atoms. The van der Waals surface area contributed by atoms with Crippen molar-refractivity contribution in [2.75, 3.05) is 6.61 Å². The van der Waals surface area contributed by atoms with Crippen LogP contribution >= 0.6 is 15.9 Å². The number of aromatic nitrogens is 3. The number of benzene rings is 1. The Morgan fingerprint density at radius 1 is 1.25 bits per heavy atom. The highest BCUT2D eigenvalue weighted by Gasteiger charge is 2.11. The summed E-state index contributed by atoms with van der Waals surface area (Å²) in [6, 6.07) is 11.0. The Hall–Kier alpha value is -2.67. The molecule has 0 amide bonds. The van der Waals surface area contributed by atoms with E-state index in [1.165, 1.54) is 0 Å². The predicted octanol–water partition coefficient (Wildman–Crippen LogP) is 4.00. The molecule has 0 saturated heterocycles. The molecule has 6 nitrogen and oxygen atoms in total. The third-order valence-electron chi connectivity index (χ3n) is 3.11. The van der Waals surface area contributed by atoms with Crippen molar-refractivity contribution in [2.45, 2.75) is 6.92 Å².